The van der Waals surface area contributed by atoms with Crippen molar-refractivity contribution in [2.45, 2.75) is 51.2 Å². The van der Waals surface area contributed by atoms with Crippen molar-refractivity contribution in [3.8, 4) is 11.3 Å². The molecule has 1 aliphatic carbocycles. The average molecular weight is 356 g/mol. The van der Waals surface area contributed by atoms with Crippen LogP contribution in [0.1, 0.15) is 50.6 Å². The first-order valence-corrected chi connectivity index (χ1v) is 9.05. The number of ether oxygens (including phenoxy) is 1. The molecule has 136 valence electrons. The lowest BCUT2D eigenvalue weighted by Crippen LogP contribution is -2.28. The zero-order valence-corrected chi connectivity index (χ0v) is 14.7. The number of rotatable bonds is 4. The molecule has 2 aromatic rings. The minimum Gasteiger partial charge on any atom is -0.463 e. The van der Waals surface area contributed by atoms with Gasteiger partial charge in [-0.25, -0.2) is 9.37 Å². The van der Waals surface area contributed by atoms with E-state index in [1.807, 2.05) is 10.6 Å². The van der Waals surface area contributed by atoms with Gasteiger partial charge in [0.15, 0.2) is 0 Å². The molecule has 1 unspecified atom stereocenters. The first kappa shape index (κ1) is 16.9. The summed E-state index contributed by atoms with van der Waals surface area (Å²) < 4.78 is 21.6. The highest BCUT2D eigenvalue weighted by Crippen LogP contribution is 2.43. The molecule has 6 heteroatoms. The molecule has 0 bridgehead atoms. The maximum atomic E-state index is 14.5. The molecular weight excluding hydrogens is 335 g/mol. The lowest BCUT2D eigenvalue weighted by atomic mass is 9.82. The van der Waals surface area contributed by atoms with E-state index in [-0.39, 0.29) is 42.1 Å². The fraction of sp³-hybridized carbons (Fsp3) is 0.450. The van der Waals surface area contributed by atoms with Gasteiger partial charge in [-0.2, -0.15) is 0 Å². The second-order valence-corrected chi connectivity index (χ2v) is 7.16. The monoisotopic (exact) mass is 356 g/mol. The molecule has 1 fully saturated rings. The molecule has 2 heterocycles. The predicted octanol–water partition coefficient (Wildman–Crippen LogP) is 3.67. The number of nitrogens with zero attached hydrogens (tertiary/aromatic N) is 2. The Bertz CT molecular complexity index is 852. The van der Waals surface area contributed by atoms with Gasteiger partial charge in [-0.3, -0.25) is 9.59 Å². The molecule has 0 radical (unpaired) electrons. The molecule has 1 saturated carbocycles. The maximum absolute atomic E-state index is 14.5. The summed E-state index contributed by atoms with van der Waals surface area (Å²) in [4.78, 5) is 28.1. The molecule has 1 aromatic carbocycles. The minimum atomic E-state index is -0.331. The molecule has 26 heavy (non-hydrogen) atoms. The predicted molar refractivity (Wildman–Crippen MR) is 92.9 cm³/mol. The Balaban J connectivity index is 1.49. The van der Waals surface area contributed by atoms with Crippen LogP contribution in [-0.4, -0.2) is 27.4 Å². The topological polar surface area (TPSA) is 61.2 Å². The molecule has 1 atom stereocenters. The van der Waals surface area contributed by atoms with E-state index in [4.69, 9.17) is 4.74 Å². The zero-order chi connectivity index (χ0) is 18.3. The van der Waals surface area contributed by atoms with Gasteiger partial charge in [0.2, 0.25) is 0 Å². The van der Waals surface area contributed by atoms with Crippen LogP contribution in [0.15, 0.2) is 30.7 Å². The largest absolute Gasteiger partial charge is 0.463 e. The Morgan fingerprint density at radius 1 is 1.27 bits per heavy atom. The van der Waals surface area contributed by atoms with Gasteiger partial charge in [-0.1, -0.05) is 12.1 Å². The molecule has 0 spiro atoms. The molecule has 4 rings (SSSR count). The van der Waals surface area contributed by atoms with Crippen LogP contribution in [0.4, 0.5) is 4.39 Å². The van der Waals surface area contributed by atoms with Gasteiger partial charge < -0.3 is 9.30 Å². The van der Waals surface area contributed by atoms with Crippen molar-refractivity contribution in [1.29, 1.82) is 0 Å². The number of imidazole rings is 1. The third-order valence-corrected chi connectivity index (χ3v) is 5.52. The fourth-order valence-corrected chi connectivity index (χ4v) is 4.29. The van der Waals surface area contributed by atoms with Crippen LogP contribution in [0.2, 0.25) is 0 Å². The summed E-state index contributed by atoms with van der Waals surface area (Å²) in [5.74, 6) is -0.454. The zero-order valence-electron chi connectivity index (χ0n) is 14.7. The Morgan fingerprint density at radius 3 is 2.77 bits per heavy atom. The summed E-state index contributed by atoms with van der Waals surface area (Å²) in [6.07, 6.45) is 6.41. The standard InChI is InChI=1S/C20H21FN2O3/c1-12(24)26-14-7-5-13(6-8-14)19(25)9-17-20-15(3-2-4-16(20)21)18-10-22-11-23(17)18/h2-4,10-11,13-14,17H,5-9H2,1H3. The highest BCUT2D eigenvalue weighted by Gasteiger charge is 2.35. The van der Waals surface area contributed by atoms with Gasteiger partial charge in [-0.15, -0.1) is 0 Å². The van der Waals surface area contributed by atoms with E-state index in [1.54, 1.807) is 18.6 Å². The molecular formula is C20H21FN2O3. The molecule has 0 amide bonds. The Labute approximate surface area is 151 Å². The number of halogens is 1. The maximum Gasteiger partial charge on any atom is 0.302 e. The minimum absolute atomic E-state index is 0.0513. The van der Waals surface area contributed by atoms with Crippen LogP contribution in [-0.2, 0) is 14.3 Å². The van der Waals surface area contributed by atoms with E-state index >= 15 is 0 Å². The third kappa shape index (κ3) is 2.93. The Morgan fingerprint density at radius 2 is 2.04 bits per heavy atom. The van der Waals surface area contributed by atoms with Crippen molar-refractivity contribution in [2.24, 2.45) is 5.92 Å². The number of hydrogen-bond acceptors (Lipinski definition) is 4. The number of esters is 1. The van der Waals surface area contributed by atoms with Crippen molar-refractivity contribution >= 4 is 11.8 Å². The number of Topliss-reactive ketones (excluding diaryl/α,β-unsaturated/α-hetero) is 1. The number of carbonyl (C=O) groups excluding carboxylic acids is 2. The SMILES string of the molecule is CC(=O)OC1CCC(C(=O)CC2c3c(F)cccc3-c3cncn32)CC1. The molecule has 0 saturated heterocycles. The van der Waals surface area contributed by atoms with Crippen LogP contribution in [0.3, 0.4) is 0 Å². The summed E-state index contributed by atoms with van der Waals surface area (Å²) in [7, 11) is 0. The lowest BCUT2D eigenvalue weighted by Gasteiger charge is -2.28. The number of aromatic nitrogens is 2. The van der Waals surface area contributed by atoms with Gasteiger partial charge in [0.25, 0.3) is 0 Å². The second kappa shape index (κ2) is 6.67. The van der Waals surface area contributed by atoms with E-state index in [2.05, 4.69) is 4.98 Å². The van der Waals surface area contributed by atoms with E-state index in [0.717, 1.165) is 11.3 Å². The van der Waals surface area contributed by atoms with Crippen LogP contribution >= 0.6 is 0 Å². The van der Waals surface area contributed by atoms with E-state index in [1.165, 1.54) is 13.0 Å². The van der Waals surface area contributed by atoms with Crippen LogP contribution in [0.25, 0.3) is 11.3 Å². The summed E-state index contributed by atoms with van der Waals surface area (Å²) in [6.45, 7) is 1.41. The number of fused-ring (bicyclic) bond motifs is 3. The van der Waals surface area contributed by atoms with E-state index < -0.39 is 0 Å². The first-order chi connectivity index (χ1) is 12.5. The summed E-state index contributed by atoms with van der Waals surface area (Å²) in [5.41, 5.74) is 2.27. The second-order valence-electron chi connectivity index (χ2n) is 7.16. The first-order valence-electron chi connectivity index (χ1n) is 9.05. The molecule has 1 aliphatic heterocycles. The quantitative estimate of drug-likeness (QED) is 0.784. The lowest BCUT2D eigenvalue weighted by molar-refractivity contribution is -0.148. The average Bonchev–Trinajstić information content (AvgIpc) is 3.18. The van der Waals surface area contributed by atoms with Crippen molar-refractivity contribution in [2.75, 3.05) is 0 Å². The molecule has 0 N–H and O–H groups in total. The molecule has 1 aromatic heterocycles. The van der Waals surface area contributed by atoms with Crippen LogP contribution in [0.5, 0.6) is 0 Å². The van der Waals surface area contributed by atoms with E-state index in [0.29, 0.717) is 31.2 Å². The van der Waals surface area contributed by atoms with Gasteiger partial charge in [-0.05, 0) is 31.7 Å². The highest BCUT2D eigenvalue weighted by molar-refractivity contribution is 5.83. The Kier molecular flexibility index (Phi) is 4.34. The van der Waals surface area contributed by atoms with Gasteiger partial charge in [0.05, 0.1) is 24.3 Å². The van der Waals surface area contributed by atoms with Crippen molar-refractivity contribution in [1.82, 2.24) is 9.55 Å². The third-order valence-electron chi connectivity index (χ3n) is 5.52. The van der Waals surface area contributed by atoms with Crippen LogP contribution in [0, 0.1) is 11.7 Å². The number of carbonyl (C=O) groups is 2. The van der Waals surface area contributed by atoms with Crippen molar-refractivity contribution < 1.29 is 18.7 Å². The van der Waals surface area contributed by atoms with Gasteiger partial charge >= 0.3 is 5.97 Å². The van der Waals surface area contributed by atoms with Gasteiger partial charge in [0.1, 0.15) is 17.7 Å². The summed E-state index contributed by atoms with van der Waals surface area (Å²) in [5, 5.41) is 0. The van der Waals surface area contributed by atoms with Crippen molar-refractivity contribution in [3.05, 3.63) is 42.1 Å². The normalized spacial score (nSPS) is 24.0. The van der Waals surface area contributed by atoms with E-state index in [9.17, 15) is 14.0 Å². The molecule has 2 aliphatic rings. The van der Waals surface area contributed by atoms with Gasteiger partial charge in [0, 0.05) is 30.4 Å². The molecule has 5 nitrogen and oxygen atoms in total. The number of benzene rings is 1. The highest BCUT2D eigenvalue weighted by atomic mass is 19.1. The Hall–Kier alpha value is -2.50. The number of ketones is 1. The smallest absolute Gasteiger partial charge is 0.302 e. The summed E-state index contributed by atoms with van der Waals surface area (Å²) >= 11 is 0. The number of hydrogen-bond donors (Lipinski definition) is 0. The fourth-order valence-electron chi connectivity index (χ4n) is 4.29. The van der Waals surface area contributed by atoms with Crippen LogP contribution < -0.4 is 0 Å². The summed E-state index contributed by atoms with van der Waals surface area (Å²) in [6, 6.07) is 4.68. The van der Waals surface area contributed by atoms with Crippen molar-refractivity contribution in [3.63, 3.8) is 0 Å².